The van der Waals surface area contributed by atoms with E-state index in [2.05, 4.69) is 0 Å². The molecule has 1 aliphatic carbocycles. The van der Waals surface area contributed by atoms with E-state index < -0.39 is 58.1 Å². The molecular formula is C28H24F6O2. The number of allylic oxidation sites excluding steroid dienone is 2. The Balaban J connectivity index is 1.60. The summed E-state index contributed by atoms with van der Waals surface area (Å²) in [5.74, 6) is -8.03. The summed E-state index contributed by atoms with van der Waals surface area (Å²) in [5.41, 5.74) is -0.336. The molecule has 3 aromatic carbocycles. The zero-order valence-electron chi connectivity index (χ0n) is 19.6. The lowest BCUT2D eigenvalue weighted by molar-refractivity contribution is 0.192. The third-order valence-corrected chi connectivity index (χ3v) is 6.51. The Hall–Kier alpha value is -3.26. The Morgan fingerprint density at radius 1 is 0.806 bits per heavy atom. The molecule has 2 atom stereocenters. The normalized spacial score (nSPS) is 16.6. The second kappa shape index (κ2) is 10.4. The van der Waals surface area contributed by atoms with Gasteiger partial charge in [-0.2, -0.15) is 4.39 Å². The maximum Gasteiger partial charge on any atom is 0.201 e. The predicted molar refractivity (Wildman–Crippen MR) is 124 cm³/mol. The van der Waals surface area contributed by atoms with Crippen LogP contribution in [0.1, 0.15) is 61.8 Å². The van der Waals surface area contributed by atoms with E-state index in [0.29, 0.717) is 12.0 Å². The van der Waals surface area contributed by atoms with Gasteiger partial charge in [0.05, 0.1) is 12.7 Å². The molecule has 0 amide bonds. The predicted octanol–water partition coefficient (Wildman–Crippen LogP) is 7.99. The molecule has 190 valence electrons. The highest BCUT2D eigenvalue weighted by atomic mass is 19.2. The molecule has 2 nitrogen and oxygen atoms in total. The second-order valence-electron chi connectivity index (χ2n) is 8.71. The largest absolute Gasteiger partial charge is 0.491 e. The molecule has 0 bridgehead atoms. The number of halogens is 6. The van der Waals surface area contributed by atoms with Crippen molar-refractivity contribution in [1.82, 2.24) is 0 Å². The number of rotatable bonds is 6. The lowest BCUT2D eigenvalue weighted by atomic mass is 9.81. The molecule has 36 heavy (non-hydrogen) atoms. The van der Waals surface area contributed by atoms with E-state index >= 15 is 4.39 Å². The van der Waals surface area contributed by atoms with Crippen molar-refractivity contribution < 1.29 is 36.2 Å². The summed E-state index contributed by atoms with van der Waals surface area (Å²) in [6.07, 6.45) is 1.37. The molecule has 0 saturated carbocycles. The van der Waals surface area contributed by atoms with Crippen LogP contribution in [0.3, 0.4) is 0 Å². The zero-order valence-corrected chi connectivity index (χ0v) is 19.6. The highest BCUT2D eigenvalue weighted by Gasteiger charge is 2.27. The molecule has 0 radical (unpaired) electrons. The van der Waals surface area contributed by atoms with Gasteiger partial charge >= 0.3 is 0 Å². The topological polar surface area (TPSA) is 29.5 Å². The fourth-order valence-electron chi connectivity index (χ4n) is 4.59. The van der Waals surface area contributed by atoms with Crippen molar-refractivity contribution in [3.05, 3.63) is 94.1 Å². The van der Waals surface area contributed by atoms with Gasteiger partial charge in [0.2, 0.25) is 5.82 Å². The average molecular weight is 506 g/mol. The minimum Gasteiger partial charge on any atom is -0.491 e. The van der Waals surface area contributed by atoms with Crippen molar-refractivity contribution in [2.75, 3.05) is 6.61 Å². The van der Waals surface area contributed by atoms with Gasteiger partial charge in [0.25, 0.3) is 0 Å². The smallest absolute Gasteiger partial charge is 0.201 e. The monoisotopic (exact) mass is 506 g/mol. The van der Waals surface area contributed by atoms with Crippen molar-refractivity contribution in [2.24, 2.45) is 0 Å². The van der Waals surface area contributed by atoms with Gasteiger partial charge < -0.3 is 9.84 Å². The summed E-state index contributed by atoms with van der Waals surface area (Å²) >= 11 is 0. The van der Waals surface area contributed by atoms with E-state index in [1.54, 1.807) is 13.0 Å². The highest BCUT2D eigenvalue weighted by Crippen LogP contribution is 2.41. The summed E-state index contributed by atoms with van der Waals surface area (Å²) in [6, 6.07) is 7.55. The van der Waals surface area contributed by atoms with Crippen LogP contribution in [-0.2, 0) is 0 Å². The van der Waals surface area contributed by atoms with E-state index in [1.165, 1.54) is 31.2 Å². The molecule has 0 saturated heterocycles. The fourth-order valence-corrected chi connectivity index (χ4v) is 4.59. The fraction of sp³-hybridized carbons (Fsp3) is 0.286. The first-order valence-electron chi connectivity index (χ1n) is 11.6. The standard InChI is InChI=1S/C28H24F6O2/c1-3-36-22-13-12-21(27(33)28(22)34)20-11-10-19(25(31)26(20)32)16-6-4-15(5-7-16)18-9-8-17(14(2)35)23(29)24(18)30/h4,8-14,16,35H,3,5-7H2,1-2H3. The molecule has 3 aromatic rings. The van der Waals surface area contributed by atoms with E-state index in [1.807, 2.05) is 0 Å². The summed E-state index contributed by atoms with van der Waals surface area (Å²) in [6.45, 7) is 3.05. The summed E-state index contributed by atoms with van der Waals surface area (Å²) in [5, 5.41) is 9.56. The molecule has 8 heteroatoms. The minimum atomic E-state index is -1.34. The Kier molecular flexibility index (Phi) is 7.45. The van der Waals surface area contributed by atoms with E-state index in [-0.39, 0.29) is 41.9 Å². The van der Waals surface area contributed by atoms with Gasteiger partial charge in [0.1, 0.15) is 0 Å². The summed E-state index contributed by atoms with van der Waals surface area (Å²) in [7, 11) is 0. The van der Waals surface area contributed by atoms with Crippen LogP contribution in [0.15, 0.2) is 42.5 Å². The van der Waals surface area contributed by atoms with Crippen molar-refractivity contribution in [3.8, 4) is 16.9 Å². The Bertz CT molecular complexity index is 1330. The Morgan fingerprint density at radius 3 is 2.03 bits per heavy atom. The summed E-state index contributed by atoms with van der Waals surface area (Å²) in [4.78, 5) is 0. The average Bonchev–Trinajstić information content (AvgIpc) is 2.86. The molecule has 4 rings (SSSR count). The lowest BCUT2D eigenvalue weighted by Gasteiger charge is -2.24. The van der Waals surface area contributed by atoms with Crippen LogP contribution in [0.2, 0.25) is 0 Å². The van der Waals surface area contributed by atoms with Gasteiger partial charge in [-0.05, 0) is 62.3 Å². The van der Waals surface area contributed by atoms with Crippen molar-refractivity contribution in [1.29, 1.82) is 0 Å². The minimum absolute atomic E-state index is 0.0605. The second-order valence-corrected chi connectivity index (χ2v) is 8.71. The maximum atomic E-state index is 15.1. The van der Waals surface area contributed by atoms with Crippen molar-refractivity contribution in [2.45, 2.75) is 45.1 Å². The van der Waals surface area contributed by atoms with Crippen molar-refractivity contribution >= 4 is 5.57 Å². The molecule has 0 heterocycles. The van der Waals surface area contributed by atoms with Gasteiger partial charge in [0.15, 0.2) is 34.8 Å². The Morgan fingerprint density at radius 2 is 1.42 bits per heavy atom. The lowest BCUT2D eigenvalue weighted by Crippen LogP contribution is -2.10. The molecule has 0 aromatic heterocycles. The summed E-state index contributed by atoms with van der Waals surface area (Å²) < 4.78 is 92.7. The number of benzene rings is 3. The number of aliphatic hydroxyl groups is 1. The molecule has 1 N–H and O–H groups in total. The first kappa shape index (κ1) is 25.8. The van der Waals surface area contributed by atoms with Crippen LogP contribution < -0.4 is 4.74 Å². The molecule has 0 spiro atoms. The molecule has 0 fully saturated rings. The van der Waals surface area contributed by atoms with E-state index in [0.717, 1.165) is 12.1 Å². The van der Waals surface area contributed by atoms with Crippen LogP contribution in [0, 0.1) is 34.9 Å². The van der Waals surface area contributed by atoms with Crippen LogP contribution in [0.25, 0.3) is 16.7 Å². The Labute approximate surface area is 204 Å². The van der Waals surface area contributed by atoms with Crippen LogP contribution in [0.5, 0.6) is 5.75 Å². The van der Waals surface area contributed by atoms with E-state index in [9.17, 15) is 27.1 Å². The van der Waals surface area contributed by atoms with Gasteiger partial charge in [-0.3, -0.25) is 0 Å². The van der Waals surface area contributed by atoms with E-state index in [4.69, 9.17) is 4.74 Å². The van der Waals surface area contributed by atoms with Gasteiger partial charge in [-0.25, -0.2) is 22.0 Å². The maximum absolute atomic E-state index is 15.1. The van der Waals surface area contributed by atoms with Gasteiger partial charge in [0, 0.05) is 22.3 Å². The third-order valence-electron chi connectivity index (χ3n) is 6.51. The van der Waals surface area contributed by atoms with Gasteiger partial charge in [-0.1, -0.05) is 30.3 Å². The number of ether oxygens (including phenoxy) is 1. The van der Waals surface area contributed by atoms with Crippen LogP contribution in [-0.4, -0.2) is 11.7 Å². The molecule has 0 aliphatic heterocycles. The van der Waals surface area contributed by atoms with Gasteiger partial charge in [-0.15, -0.1) is 0 Å². The first-order chi connectivity index (χ1) is 17.1. The molecular weight excluding hydrogens is 482 g/mol. The molecule has 1 aliphatic rings. The zero-order chi connectivity index (χ0) is 26.1. The number of hydrogen-bond donors (Lipinski definition) is 1. The molecule has 2 unspecified atom stereocenters. The van der Waals surface area contributed by atoms with Crippen LogP contribution in [0.4, 0.5) is 26.3 Å². The highest BCUT2D eigenvalue weighted by molar-refractivity contribution is 5.69. The van der Waals surface area contributed by atoms with Crippen molar-refractivity contribution in [3.63, 3.8) is 0 Å². The first-order valence-corrected chi connectivity index (χ1v) is 11.6. The van der Waals surface area contributed by atoms with Crippen LogP contribution >= 0.6 is 0 Å². The number of aliphatic hydroxyl groups excluding tert-OH is 1. The SMILES string of the molecule is CCOc1ccc(-c2ccc(C3CC=C(c4ccc(C(C)O)c(F)c4F)CC3)c(F)c2F)c(F)c1F. The third kappa shape index (κ3) is 4.62. The quantitative estimate of drug-likeness (QED) is 0.344. The number of hydrogen-bond acceptors (Lipinski definition) is 2.